The van der Waals surface area contributed by atoms with Gasteiger partial charge >= 0.3 is 0 Å². The number of ether oxygens (including phenoxy) is 1. The molecule has 1 fully saturated rings. The average Bonchev–Trinajstić information content (AvgIpc) is 3.36. The molecule has 0 saturated carbocycles. The molecule has 3 aromatic rings. The summed E-state index contributed by atoms with van der Waals surface area (Å²) in [6.45, 7) is 8.11. The number of benzene rings is 1. The summed E-state index contributed by atoms with van der Waals surface area (Å²) in [5, 5.41) is 3.56. The Morgan fingerprint density at radius 1 is 1.12 bits per heavy atom. The van der Waals surface area contributed by atoms with Gasteiger partial charge in [0.15, 0.2) is 10.9 Å². The van der Waals surface area contributed by atoms with E-state index in [0.717, 1.165) is 49.8 Å². The highest BCUT2D eigenvalue weighted by Gasteiger charge is 2.19. The van der Waals surface area contributed by atoms with Gasteiger partial charge in [-0.25, -0.2) is 9.97 Å². The molecule has 3 heterocycles. The second-order valence-corrected chi connectivity index (χ2v) is 9.02. The lowest BCUT2D eigenvalue weighted by molar-refractivity contribution is 0.0921. The molecule has 9 heteroatoms. The number of furan rings is 1. The molecule has 1 N–H and O–H groups in total. The molecule has 8 nitrogen and oxygen atoms in total. The third-order valence-electron chi connectivity index (χ3n) is 5.71. The molecule has 0 radical (unpaired) electrons. The number of piperazine rings is 1. The number of nitrogens with zero attached hydrogens (tertiary/aromatic N) is 4. The maximum atomic E-state index is 12.4. The molecule has 1 aromatic carbocycles. The minimum absolute atomic E-state index is 0.230. The molecule has 0 bridgehead atoms. The number of rotatable bonds is 10. The number of amides is 1. The Morgan fingerprint density at radius 2 is 1.91 bits per heavy atom. The third kappa shape index (κ3) is 6.59. The zero-order chi connectivity index (χ0) is 23.8. The molecule has 34 heavy (non-hydrogen) atoms. The maximum Gasteiger partial charge on any atom is 0.287 e. The normalized spacial score (nSPS) is 14.4. The lowest BCUT2D eigenvalue weighted by atomic mass is 10.2. The summed E-state index contributed by atoms with van der Waals surface area (Å²) in [5.74, 6) is 2.24. The van der Waals surface area contributed by atoms with Crippen LogP contribution in [0.3, 0.4) is 0 Å². The molecule has 1 aliphatic heterocycles. The molecule has 0 spiro atoms. The smallest absolute Gasteiger partial charge is 0.287 e. The fourth-order valence-electron chi connectivity index (χ4n) is 3.78. The summed E-state index contributed by atoms with van der Waals surface area (Å²) >= 11 is 1.49. The predicted octanol–water partition coefficient (Wildman–Crippen LogP) is 3.58. The van der Waals surface area contributed by atoms with Gasteiger partial charge in [0.1, 0.15) is 11.6 Å². The number of thioether (sulfide) groups is 1. The van der Waals surface area contributed by atoms with Crippen molar-refractivity contribution in [1.82, 2.24) is 20.2 Å². The second kappa shape index (κ2) is 12.0. The van der Waals surface area contributed by atoms with Gasteiger partial charge in [-0.15, -0.1) is 0 Å². The van der Waals surface area contributed by atoms with Gasteiger partial charge in [0.25, 0.3) is 5.91 Å². The Morgan fingerprint density at radius 3 is 2.65 bits per heavy atom. The first-order chi connectivity index (χ1) is 16.6. The molecule has 0 aliphatic carbocycles. The van der Waals surface area contributed by atoms with Crippen molar-refractivity contribution in [1.29, 1.82) is 0 Å². The van der Waals surface area contributed by atoms with Crippen LogP contribution in [-0.4, -0.2) is 60.6 Å². The van der Waals surface area contributed by atoms with E-state index in [9.17, 15) is 4.79 Å². The number of carbonyl (C=O) groups excluding carboxylic acids is 1. The first kappa shape index (κ1) is 24.3. The van der Waals surface area contributed by atoms with E-state index in [1.54, 1.807) is 13.2 Å². The lowest BCUT2D eigenvalue weighted by Gasteiger charge is -2.34. The van der Waals surface area contributed by atoms with Gasteiger partial charge in [0.2, 0.25) is 0 Å². The minimum Gasteiger partial charge on any atom is -0.455 e. The zero-order valence-electron chi connectivity index (χ0n) is 19.7. The van der Waals surface area contributed by atoms with Crippen molar-refractivity contribution in [2.24, 2.45) is 0 Å². The van der Waals surface area contributed by atoms with Crippen LogP contribution < -0.4 is 10.2 Å². The SMILES string of the molecule is CCN1CCN(c2cc(COC)nc(SCc3ccc(C(=O)NCc4ccccc4)o3)n2)CC1. The summed E-state index contributed by atoms with van der Waals surface area (Å²) in [6, 6.07) is 15.3. The number of hydrogen-bond donors (Lipinski definition) is 1. The van der Waals surface area contributed by atoms with Gasteiger partial charge in [0.05, 0.1) is 18.1 Å². The van der Waals surface area contributed by atoms with Gasteiger partial charge in [-0.05, 0) is 24.2 Å². The standard InChI is InChI=1S/C25H31N5O3S/c1-3-29-11-13-30(14-12-29)23-15-20(17-32-2)27-25(28-23)34-18-21-9-10-22(33-21)24(31)26-16-19-7-5-4-6-8-19/h4-10,15H,3,11-14,16-18H2,1-2H3,(H,26,31). The summed E-state index contributed by atoms with van der Waals surface area (Å²) in [7, 11) is 1.67. The van der Waals surface area contributed by atoms with Crippen molar-refractivity contribution >= 4 is 23.5 Å². The van der Waals surface area contributed by atoms with Crippen molar-refractivity contribution in [2.45, 2.75) is 31.0 Å². The summed E-state index contributed by atoms with van der Waals surface area (Å²) in [5.41, 5.74) is 1.89. The van der Waals surface area contributed by atoms with E-state index in [0.29, 0.717) is 35.6 Å². The molecular weight excluding hydrogens is 450 g/mol. The number of nitrogens with one attached hydrogen (secondary N) is 1. The van der Waals surface area contributed by atoms with Gasteiger partial charge in [-0.3, -0.25) is 4.79 Å². The Hall–Kier alpha value is -2.88. The first-order valence-electron chi connectivity index (χ1n) is 11.5. The van der Waals surface area contributed by atoms with Crippen molar-refractivity contribution in [3.8, 4) is 0 Å². The second-order valence-electron chi connectivity index (χ2n) is 8.08. The minimum atomic E-state index is -0.230. The Bertz CT molecular complexity index is 1070. The molecule has 1 saturated heterocycles. The predicted molar refractivity (Wildman–Crippen MR) is 133 cm³/mol. The lowest BCUT2D eigenvalue weighted by Crippen LogP contribution is -2.46. The Kier molecular flexibility index (Phi) is 8.56. The van der Waals surface area contributed by atoms with Crippen LogP contribution in [0.1, 0.15) is 34.5 Å². The van der Waals surface area contributed by atoms with E-state index in [1.807, 2.05) is 42.5 Å². The monoisotopic (exact) mass is 481 g/mol. The Labute approximate surface area is 204 Å². The molecule has 1 amide bonds. The fraction of sp³-hybridized carbons (Fsp3) is 0.400. The molecule has 180 valence electrons. The van der Waals surface area contributed by atoms with Crippen molar-refractivity contribution in [2.75, 3.05) is 44.7 Å². The number of anilines is 1. The van der Waals surface area contributed by atoms with E-state index < -0.39 is 0 Å². The van der Waals surface area contributed by atoms with Crippen LogP contribution in [0.4, 0.5) is 5.82 Å². The van der Waals surface area contributed by atoms with Crippen LogP contribution in [0.15, 0.2) is 58.1 Å². The van der Waals surface area contributed by atoms with Gasteiger partial charge < -0.3 is 24.3 Å². The molecular formula is C25H31N5O3S. The first-order valence-corrected chi connectivity index (χ1v) is 12.5. The maximum absolute atomic E-state index is 12.4. The highest BCUT2D eigenvalue weighted by Crippen LogP contribution is 2.25. The summed E-state index contributed by atoms with van der Waals surface area (Å²) < 4.78 is 11.1. The van der Waals surface area contributed by atoms with Crippen LogP contribution in [0.5, 0.6) is 0 Å². The van der Waals surface area contributed by atoms with Crippen molar-refractivity contribution in [3.05, 3.63) is 71.3 Å². The van der Waals surface area contributed by atoms with E-state index >= 15 is 0 Å². The molecule has 4 rings (SSSR count). The molecule has 2 aromatic heterocycles. The van der Waals surface area contributed by atoms with Crippen LogP contribution in [0, 0.1) is 0 Å². The van der Waals surface area contributed by atoms with Crippen molar-refractivity contribution < 1.29 is 13.9 Å². The number of carbonyl (C=O) groups is 1. The van der Waals surface area contributed by atoms with E-state index in [-0.39, 0.29) is 5.91 Å². The quantitative estimate of drug-likeness (QED) is 0.348. The highest BCUT2D eigenvalue weighted by molar-refractivity contribution is 7.98. The number of likely N-dealkylation sites (N-methyl/N-ethyl adjacent to an activating group) is 1. The molecule has 1 aliphatic rings. The Balaban J connectivity index is 1.36. The van der Waals surface area contributed by atoms with Crippen molar-refractivity contribution in [3.63, 3.8) is 0 Å². The number of hydrogen-bond acceptors (Lipinski definition) is 8. The number of aromatic nitrogens is 2. The zero-order valence-corrected chi connectivity index (χ0v) is 20.5. The average molecular weight is 482 g/mol. The number of methoxy groups -OCH3 is 1. The molecule has 0 atom stereocenters. The van der Waals surface area contributed by atoms with Gasteiger partial charge in [0, 0.05) is 45.9 Å². The van der Waals surface area contributed by atoms with Gasteiger partial charge in [-0.1, -0.05) is 49.0 Å². The largest absolute Gasteiger partial charge is 0.455 e. The fourth-order valence-corrected chi connectivity index (χ4v) is 4.55. The van der Waals surface area contributed by atoms with Crippen LogP contribution in [0.25, 0.3) is 0 Å². The van der Waals surface area contributed by atoms with E-state index in [1.165, 1.54) is 11.8 Å². The van der Waals surface area contributed by atoms with Gasteiger partial charge in [-0.2, -0.15) is 0 Å². The summed E-state index contributed by atoms with van der Waals surface area (Å²) in [6.07, 6.45) is 0. The van der Waals surface area contributed by atoms with Crippen LogP contribution >= 0.6 is 11.8 Å². The van der Waals surface area contributed by atoms with Crippen LogP contribution in [-0.2, 0) is 23.6 Å². The highest BCUT2D eigenvalue weighted by atomic mass is 32.2. The summed E-state index contributed by atoms with van der Waals surface area (Å²) in [4.78, 5) is 26.6. The topological polar surface area (TPSA) is 83.7 Å². The van der Waals surface area contributed by atoms with E-state index in [2.05, 4.69) is 27.0 Å². The molecule has 0 unspecified atom stereocenters. The van der Waals surface area contributed by atoms with E-state index in [4.69, 9.17) is 14.1 Å². The van der Waals surface area contributed by atoms with Crippen LogP contribution in [0.2, 0.25) is 0 Å². The third-order valence-corrected chi connectivity index (χ3v) is 6.58.